The lowest BCUT2D eigenvalue weighted by atomic mass is 10.3. The van der Waals surface area contributed by atoms with Crippen molar-refractivity contribution < 1.29 is 0 Å². The van der Waals surface area contributed by atoms with Gasteiger partial charge in [-0.2, -0.15) is 15.0 Å². The standard InChI is InChI=1S/C12H15ClN6/c1-2-5-15-11-17-10(13)18-12(19-11)16-8-9-3-6-14-7-4-9/h3-4,6-7H,2,5,8H2,1H3,(H2,15,16,17,18,19). The van der Waals surface area contributed by atoms with E-state index in [1.165, 1.54) is 0 Å². The molecule has 0 atom stereocenters. The van der Waals surface area contributed by atoms with Crippen LogP contribution in [0.3, 0.4) is 0 Å². The predicted molar refractivity (Wildman–Crippen MR) is 75.2 cm³/mol. The van der Waals surface area contributed by atoms with E-state index in [0.717, 1.165) is 18.5 Å². The van der Waals surface area contributed by atoms with Crippen LogP contribution in [0.1, 0.15) is 18.9 Å². The van der Waals surface area contributed by atoms with Gasteiger partial charge in [0.1, 0.15) is 0 Å². The van der Waals surface area contributed by atoms with Gasteiger partial charge in [0, 0.05) is 25.5 Å². The minimum atomic E-state index is 0.172. The van der Waals surface area contributed by atoms with E-state index in [2.05, 4.69) is 37.5 Å². The number of aromatic nitrogens is 4. The third-order valence-electron chi connectivity index (χ3n) is 2.34. The molecule has 0 fully saturated rings. The first kappa shape index (κ1) is 13.5. The number of halogens is 1. The van der Waals surface area contributed by atoms with Crippen molar-refractivity contribution in [3.8, 4) is 0 Å². The molecule has 0 amide bonds. The van der Waals surface area contributed by atoms with Crippen LogP contribution in [0.5, 0.6) is 0 Å². The SMILES string of the molecule is CCCNc1nc(Cl)nc(NCc2ccncc2)n1. The molecule has 2 aromatic rings. The van der Waals surface area contributed by atoms with E-state index in [4.69, 9.17) is 11.6 Å². The fraction of sp³-hybridized carbons (Fsp3) is 0.333. The van der Waals surface area contributed by atoms with Crippen LogP contribution >= 0.6 is 11.6 Å². The predicted octanol–water partition coefficient (Wildman–Crippen LogP) is 2.35. The van der Waals surface area contributed by atoms with E-state index in [1.54, 1.807) is 12.4 Å². The Kier molecular flexibility index (Phi) is 4.85. The first-order chi connectivity index (χ1) is 9.28. The Morgan fingerprint density at radius 2 is 1.74 bits per heavy atom. The lowest BCUT2D eigenvalue weighted by Crippen LogP contribution is -2.09. The summed E-state index contributed by atoms with van der Waals surface area (Å²) in [6.45, 7) is 3.47. The molecule has 19 heavy (non-hydrogen) atoms. The second-order valence-electron chi connectivity index (χ2n) is 3.89. The molecule has 0 saturated heterocycles. The molecule has 6 nitrogen and oxygen atoms in total. The van der Waals surface area contributed by atoms with Gasteiger partial charge in [-0.15, -0.1) is 0 Å². The summed E-state index contributed by atoms with van der Waals surface area (Å²) < 4.78 is 0. The average Bonchev–Trinajstić information content (AvgIpc) is 2.43. The third-order valence-corrected chi connectivity index (χ3v) is 2.51. The highest BCUT2D eigenvalue weighted by molar-refractivity contribution is 6.28. The van der Waals surface area contributed by atoms with Gasteiger partial charge >= 0.3 is 0 Å². The van der Waals surface area contributed by atoms with Crippen molar-refractivity contribution in [2.75, 3.05) is 17.2 Å². The largest absolute Gasteiger partial charge is 0.354 e. The quantitative estimate of drug-likeness (QED) is 0.845. The fourth-order valence-corrected chi connectivity index (χ4v) is 1.59. The van der Waals surface area contributed by atoms with Gasteiger partial charge in [-0.05, 0) is 35.7 Å². The number of rotatable bonds is 6. The van der Waals surface area contributed by atoms with Crippen LogP contribution in [-0.2, 0) is 6.54 Å². The zero-order chi connectivity index (χ0) is 13.5. The number of anilines is 2. The summed E-state index contributed by atoms with van der Waals surface area (Å²) in [6, 6.07) is 3.85. The molecule has 2 N–H and O–H groups in total. The van der Waals surface area contributed by atoms with Crippen LogP contribution < -0.4 is 10.6 Å². The highest BCUT2D eigenvalue weighted by Crippen LogP contribution is 2.10. The first-order valence-electron chi connectivity index (χ1n) is 6.06. The normalized spacial score (nSPS) is 10.2. The van der Waals surface area contributed by atoms with Crippen molar-refractivity contribution in [2.24, 2.45) is 0 Å². The lowest BCUT2D eigenvalue weighted by Gasteiger charge is -2.07. The summed E-state index contributed by atoms with van der Waals surface area (Å²) in [5.41, 5.74) is 1.09. The van der Waals surface area contributed by atoms with Crippen LogP contribution in [0.15, 0.2) is 24.5 Å². The maximum absolute atomic E-state index is 5.86. The van der Waals surface area contributed by atoms with Crippen LogP contribution in [0.25, 0.3) is 0 Å². The van der Waals surface area contributed by atoms with Crippen molar-refractivity contribution >= 4 is 23.5 Å². The molecule has 0 saturated carbocycles. The number of hydrogen-bond donors (Lipinski definition) is 2. The number of pyridine rings is 1. The topological polar surface area (TPSA) is 75.6 Å². The van der Waals surface area contributed by atoms with Crippen molar-refractivity contribution in [1.29, 1.82) is 0 Å². The van der Waals surface area contributed by atoms with Gasteiger partial charge < -0.3 is 10.6 Å². The summed E-state index contributed by atoms with van der Waals surface area (Å²) in [6.07, 6.45) is 4.47. The number of hydrogen-bond acceptors (Lipinski definition) is 6. The summed E-state index contributed by atoms with van der Waals surface area (Å²) in [4.78, 5) is 16.2. The smallest absolute Gasteiger partial charge is 0.229 e. The van der Waals surface area contributed by atoms with Gasteiger partial charge in [0.2, 0.25) is 17.2 Å². The summed E-state index contributed by atoms with van der Waals surface area (Å²) in [7, 11) is 0. The highest BCUT2D eigenvalue weighted by Gasteiger charge is 2.04. The van der Waals surface area contributed by atoms with Crippen LogP contribution in [0, 0.1) is 0 Å². The van der Waals surface area contributed by atoms with E-state index in [9.17, 15) is 0 Å². The van der Waals surface area contributed by atoms with E-state index < -0.39 is 0 Å². The molecule has 100 valence electrons. The minimum absolute atomic E-state index is 0.172. The van der Waals surface area contributed by atoms with Crippen molar-refractivity contribution in [1.82, 2.24) is 19.9 Å². The Labute approximate surface area is 116 Å². The molecule has 0 aliphatic rings. The molecule has 0 aliphatic heterocycles. The second kappa shape index (κ2) is 6.84. The van der Waals surface area contributed by atoms with Gasteiger partial charge in [0.05, 0.1) is 0 Å². The lowest BCUT2D eigenvalue weighted by molar-refractivity contribution is 0.932. The molecular formula is C12H15ClN6. The van der Waals surface area contributed by atoms with E-state index >= 15 is 0 Å². The highest BCUT2D eigenvalue weighted by atomic mass is 35.5. The second-order valence-corrected chi connectivity index (χ2v) is 4.23. The number of nitrogens with zero attached hydrogens (tertiary/aromatic N) is 4. The Balaban J connectivity index is 2.01. The molecule has 2 aromatic heterocycles. The molecule has 2 rings (SSSR count). The van der Waals surface area contributed by atoms with Gasteiger partial charge in [-0.3, -0.25) is 4.98 Å². The van der Waals surface area contributed by atoms with Crippen molar-refractivity contribution in [2.45, 2.75) is 19.9 Å². The van der Waals surface area contributed by atoms with Gasteiger partial charge in [0.15, 0.2) is 0 Å². The maximum Gasteiger partial charge on any atom is 0.229 e. The molecule has 0 aromatic carbocycles. The van der Waals surface area contributed by atoms with Crippen LogP contribution in [0.4, 0.5) is 11.9 Å². The van der Waals surface area contributed by atoms with Crippen LogP contribution in [0.2, 0.25) is 5.28 Å². The Hall–Kier alpha value is -1.95. The van der Waals surface area contributed by atoms with Crippen molar-refractivity contribution in [3.63, 3.8) is 0 Å². The molecule has 0 unspecified atom stereocenters. The molecule has 0 radical (unpaired) electrons. The Bertz CT molecular complexity index is 519. The van der Waals surface area contributed by atoms with Gasteiger partial charge in [-0.25, -0.2) is 0 Å². The molecular weight excluding hydrogens is 264 g/mol. The average molecular weight is 279 g/mol. The summed E-state index contributed by atoms with van der Waals surface area (Å²) in [5.74, 6) is 0.939. The van der Waals surface area contributed by atoms with Crippen LogP contribution in [-0.4, -0.2) is 26.5 Å². The molecule has 2 heterocycles. The molecule has 0 bridgehead atoms. The number of nitrogens with one attached hydrogen (secondary N) is 2. The summed E-state index contributed by atoms with van der Waals surface area (Å²) in [5, 5.41) is 6.35. The fourth-order valence-electron chi connectivity index (χ4n) is 1.43. The molecule has 7 heteroatoms. The van der Waals surface area contributed by atoms with Crippen molar-refractivity contribution in [3.05, 3.63) is 35.4 Å². The third kappa shape index (κ3) is 4.33. The Morgan fingerprint density at radius 3 is 2.42 bits per heavy atom. The zero-order valence-electron chi connectivity index (χ0n) is 10.6. The van der Waals surface area contributed by atoms with E-state index in [-0.39, 0.29) is 5.28 Å². The maximum atomic E-state index is 5.86. The minimum Gasteiger partial charge on any atom is -0.354 e. The molecule has 0 spiro atoms. The molecule has 0 aliphatic carbocycles. The van der Waals surface area contributed by atoms with Gasteiger partial charge in [-0.1, -0.05) is 6.92 Å². The Morgan fingerprint density at radius 1 is 1.05 bits per heavy atom. The zero-order valence-corrected chi connectivity index (χ0v) is 11.4. The van der Waals surface area contributed by atoms with E-state index in [0.29, 0.717) is 18.4 Å². The summed E-state index contributed by atoms with van der Waals surface area (Å²) >= 11 is 5.86. The van der Waals surface area contributed by atoms with E-state index in [1.807, 2.05) is 12.1 Å². The monoisotopic (exact) mass is 278 g/mol. The van der Waals surface area contributed by atoms with Gasteiger partial charge in [0.25, 0.3) is 0 Å². The first-order valence-corrected chi connectivity index (χ1v) is 6.44.